The van der Waals surface area contributed by atoms with Gasteiger partial charge in [0.05, 0.1) is 11.7 Å². The number of allylic oxidation sites excluding steroid dienone is 1. The average molecular weight is 363 g/mol. The summed E-state index contributed by atoms with van der Waals surface area (Å²) < 4.78 is 5.82. The zero-order valence-corrected chi connectivity index (χ0v) is 16.9. The average Bonchev–Trinajstić information content (AvgIpc) is 2.83. The Morgan fingerprint density at radius 1 is 1.31 bits per heavy atom. The molecule has 0 aromatic carbocycles. The van der Waals surface area contributed by atoms with Crippen molar-refractivity contribution in [3.63, 3.8) is 0 Å². The molecule has 0 aliphatic heterocycles. The van der Waals surface area contributed by atoms with Crippen molar-refractivity contribution < 1.29 is 19.7 Å². The van der Waals surface area contributed by atoms with Crippen LogP contribution in [0.25, 0.3) is 0 Å². The largest absolute Gasteiger partial charge is 0.458 e. The van der Waals surface area contributed by atoms with Gasteiger partial charge < -0.3 is 14.9 Å². The summed E-state index contributed by atoms with van der Waals surface area (Å²) in [5.41, 5.74) is 1.19. The van der Waals surface area contributed by atoms with E-state index in [2.05, 4.69) is 27.4 Å². The van der Waals surface area contributed by atoms with E-state index in [9.17, 15) is 15.0 Å². The minimum atomic E-state index is -1.15. The fourth-order valence-corrected chi connectivity index (χ4v) is 5.95. The second-order valence-electron chi connectivity index (χ2n) is 9.57. The normalized spacial score (nSPS) is 43.2. The highest BCUT2D eigenvalue weighted by Crippen LogP contribution is 2.63. The number of fused-ring (bicyclic) bond motifs is 2. The number of esters is 1. The summed E-state index contributed by atoms with van der Waals surface area (Å²) in [4.78, 5) is 11.9. The van der Waals surface area contributed by atoms with Crippen LogP contribution in [-0.2, 0) is 9.53 Å². The molecule has 5 atom stereocenters. The lowest BCUT2D eigenvalue weighted by Gasteiger charge is -2.53. The highest BCUT2D eigenvalue weighted by Gasteiger charge is 2.63. The Kier molecular flexibility index (Phi) is 4.68. The number of rotatable bonds is 2. The van der Waals surface area contributed by atoms with Crippen LogP contribution >= 0.6 is 0 Å². The number of carbonyl (C=O) groups is 1. The third-order valence-corrected chi connectivity index (χ3v) is 7.51. The van der Waals surface area contributed by atoms with Crippen LogP contribution in [0.15, 0.2) is 23.3 Å². The van der Waals surface area contributed by atoms with E-state index in [1.807, 2.05) is 6.92 Å². The maximum Gasteiger partial charge on any atom is 0.303 e. The van der Waals surface area contributed by atoms with Crippen molar-refractivity contribution in [1.29, 1.82) is 0 Å². The second-order valence-corrected chi connectivity index (χ2v) is 9.57. The molecule has 0 spiro atoms. The first-order chi connectivity index (χ1) is 11.9. The Bertz CT molecular complexity index is 663. The van der Waals surface area contributed by atoms with Crippen LogP contribution in [0.3, 0.4) is 0 Å². The van der Waals surface area contributed by atoms with Gasteiger partial charge in [0.2, 0.25) is 0 Å². The Balaban J connectivity index is 2.20. The summed E-state index contributed by atoms with van der Waals surface area (Å²) in [5, 5.41) is 22.7. The molecule has 3 rings (SSSR count). The molecule has 2 saturated carbocycles. The maximum atomic E-state index is 11.9. The minimum absolute atomic E-state index is 0.244. The molecule has 4 nitrogen and oxygen atoms in total. The Morgan fingerprint density at radius 2 is 1.96 bits per heavy atom. The quantitative estimate of drug-likeness (QED) is 0.577. The van der Waals surface area contributed by atoms with Crippen LogP contribution in [-0.4, -0.2) is 34.0 Å². The van der Waals surface area contributed by atoms with Gasteiger partial charge in [0.25, 0.3) is 0 Å². The summed E-state index contributed by atoms with van der Waals surface area (Å²) in [6.07, 6.45) is 3.09. The smallest absolute Gasteiger partial charge is 0.303 e. The summed E-state index contributed by atoms with van der Waals surface area (Å²) in [6, 6.07) is 0. The highest BCUT2D eigenvalue weighted by molar-refractivity contribution is 5.66. The van der Waals surface area contributed by atoms with Crippen LogP contribution in [0.1, 0.15) is 73.1 Å². The van der Waals surface area contributed by atoms with E-state index in [4.69, 9.17) is 4.74 Å². The van der Waals surface area contributed by atoms with E-state index in [0.717, 1.165) is 18.4 Å². The molecule has 146 valence electrons. The van der Waals surface area contributed by atoms with Gasteiger partial charge in [-0.1, -0.05) is 39.8 Å². The molecule has 26 heavy (non-hydrogen) atoms. The van der Waals surface area contributed by atoms with Gasteiger partial charge in [-0.15, -0.1) is 0 Å². The van der Waals surface area contributed by atoms with Gasteiger partial charge in [0.15, 0.2) is 0 Å². The van der Waals surface area contributed by atoms with Gasteiger partial charge >= 0.3 is 5.97 Å². The van der Waals surface area contributed by atoms with Gasteiger partial charge in [-0.3, -0.25) is 4.79 Å². The number of hydrogen-bond donors (Lipinski definition) is 2. The van der Waals surface area contributed by atoms with Gasteiger partial charge in [-0.25, -0.2) is 0 Å². The molecule has 0 aromatic rings. The number of aliphatic hydroxyl groups excluding tert-OH is 1. The molecule has 3 aliphatic carbocycles. The predicted octanol–water partition coefficient (Wildman–Crippen LogP) is 3.91. The van der Waals surface area contributed by atoms with Crippen LogP contribution in [0.4, 0.5) is 0 Å². The van der Waals surface area contributed by atoms with Gasteiger partial charge in [-0.2, -0.15) is 0 Å². The standard InChI is InChI=1S/C22H34O4/c1-13(2)16-9-10-20(5)12-22(25)14(3)7-8-18(24)21(22,6)11-17(19(16)20)26-15(4)23/h13,17-18,24-25H,3,7-12H2,1-2,4-6H3. The van der Waals surface area contributed by atoms with E-state index in [0.29, 0.717) is 31.6 Å². The lowest BCUT2D eigenvalue weighted by atomic mass is 9.56. The molecule has 2 fully saturated rings. The fourth-order valence-electron chi connectivity index (χ4n) is 5.95. The van der Waals surface area contributed by atoms with Crippen molar-refractivity contribution in [3.8, 4) is 0 Å². The summed E-state index contributed by atoms with van der Waals surface area (Å²) in [6.45, 7) is 14.1. The van der Waals surface area contributed by atoms with Gasteiger partial charge in [0, 0.05) is 12.3 Å². The van der Waals surface area contributed by atoms with Crippen molar-refractivity contribution in [1.82, 2.24) is 0 Å². The molecule has 0 amide bonds. The molecule has 0 radical (unpaired) electrons. The van der Waals surface area contributed by atoms with Crippen LogP contribution < -0.4 is 0 Å². The number of aliphatic hydroxyl groups is 2. The lowest BCUT2D eigenvalue weighted by molar-refractivity contribution is -0.161. The third kappa shape index (κ3) is 2.68. The number of carbonyl (C=O) groups excluding carboxylic acids is 1. The summed E-state index contributed by atoms with van der Waals surface area (Å²) in [5.74, 6) is 0.0682. The van der Waals surface area contributed by atoms with Crippen molar-refractivity contribution in [2.24, 2.45) is 16.7 Å². The first kappa shape index (κ1) is 19.6. The Hall–Kier alpha value is -1.13. The van der Waals surface area contributed by atoms with Crippen molar-refractivity contribution in [3.05, 3.63) is 23.3 Å². The van der Waals surface area contributed by atoms with E-state index >= 15 is 0 Å². The number of ether oxygens (including phenoxy) is 1. The van der Waals surface area contributed by atoms with E-state index in [1.54, 1.807) is 0 Å². The molecule has 5 unspecified atom stereocenters. The molecule has 0 heterocycles. The summed E-state index contributed by atoms with van der Waals surface area (Å²) >= 11 is 0. The molecule has 2 N–H and O–H groups in total. The van der Waals surface area contributed by atoms with Crippen LogP contribution in [0.2, 0.25) is 0 Å². The van der Waals surface area contributed by atoms with E-state index in [1.165, 1.54) is 18.1 Å². The molecular formula is C22H34O4. The maximum absolute atomic E-state index is 11.9. The third-order valence-electron chi connectivity index (χ3n) is 7.51. The predicted molar refractivity (Wildman–Crippen MR) is 101 cm³/mol. The first-order valence-electron chi connectivity index (χ1n) is 9.94. The number of hydrogen-bond acceptors (Lipinski definition) is 4. The highest BCUT2D eigenvalue weighted by atomic mass is 16.5. The molecular weight excluding hydrogens is 328 g/mol. The summed E-state index contributed by atoms with van der Waals surface area (Å²) in [7, 11) is 0. The molecule has 0 saturated heterocycles. The fraction of sp³-hybridized carbons (Fsp3) is 0.773. The molecule has 3 aliphatic rings. The molecule has 0 aromatic heterocycles. The topological polar surface area (TPSA) is 66.8 Å². The van der Waals surface area contributed by atoms with Crippen molar-refractivity contribution >= 4 is 5.97 Å². The van der Waals surface area contributed by atoms with Gasteiger partial charge in [0.1, 0.15) is 6.10 Å². The van der Waals surface area contributed by atoms with Crippen LogP contribution in [0.5, 0.6) is 0 Å². The first-order valence-corrected chi connectivity index (χ1v) is 9.94. The van der Waals surface area contributed by atoms with Gasteiger partial charge in [-0.05, 0) is 61.0 Å². The zero-order chi connectivity index (χ0) is 19.5. The van der Waals surface area contributed by atoms with Crippen molar-refractivity contribution in [2.75, 3.05) is 0 Å². The zero-order valence-electron chi connectivity index (χ0n) is 16.9. The lowest BCUT2D eigenvalue weighted by Crippen LogP contribution is -2.58. The minimum Gasteiger partial charge on any atom is -0.458 e. The van der Waals surface area contributed by atoms with E-state index in [-0.39, 0.29) is 11.4 Å². The molecule has 4 heteroatoms. The van der Waals surface area contributed by atoms with E-state index < -0.39 is 23.2 Å². The molecule has 0 bridgehead atoms. The van der Waals surface area contributed by atoms with Crippen LogP contribution in [0, 0.1) is 16.7 Å². The van der Waals surface area contributed by atoms with Crippen molar-refractivity contribution in [2.45, 2.75) is 91.0 Å². The Morgan fingerprint density at radius 3 is 2.54 bits per heavy atom. The Labute approximate surface area is 157 Å². The SMILES string of the molecule is C=C1CCC(O)C2(C)CC(OC(C)=O)C3=C(C(C)C)CCC3(C)CC12O. The second kappa shape index (κ2) is 6.20. The monoisotopic (exact) mass is 362 g/mol.